The Balaban J connectivity index is 1.89. The first-order valence-electron chi connectivity index (χ1n) is 8.79. The molecule has 1 aromatic heterocycles. The lowest BCUT2D eigenvalue weighted by Crippen LogP contribution is -2.36. The quantitative estimate of drug-likeness (QED) is 0.778. The molecule has 1 aromatic rings. The summed E-state index contributed by atoms with van der Waals surface area (Å²) in [4.78, 5) is 11.8. The zero-order chi connectivity index (χ0) is 16.8. The molecule has 0 aliphatic carbocycles. The number of anilines is 2. The maximum atomic E-state index is 9.29. The van der Waals surface area contributed by atoms with Gasteiger partial charge in [-0.05, 0) is 25.8 Å². The lowest BCUT2D eigenvalue weighted by Gasteiger charge is -2.32. The van der Waals surface area contributed by atoms with Gasteiger partial charge in [0, 0.05) is 45.3 Å². The number of ether oxygens (including phenoxy) is 1. The van der Waals surface area contributed by atoms with Crippen LogP contribution in [0.5, 0.6) is 0 Å². The summed E-state index contributed by atoms with van der Waals surface area (Å²) in [6.45, 7) is 4.94. The lowest BCUT2D eigenvalue weighted by atomic mass is 9.98. The first-order valence-corrected chi connectivity index (χ1v) is 8.79. The summed E-state index contributed by atoms with van der Waals surface area (Å²) < 4.78 is 5.10. The molecule has 0 unspecified atom stereocenters. The van der Waals surface area contributed by atoms with Crippen LogP contribution in [0.3, 0.4) is 0 Å². The molecular weight excluding hydrogens is 304 g/mol. The monoisotopic (exact) mass is 330 g/mol. The maximum Gasteiger partial charge on any atom is 0.224 e. The maximum absolute atomic E-state index is 9.29. The van der Waals surface area contributed by atoms with Crippen LogP contribution < -0.4 is 15.5 Å². The van der Waals surface area contributed by atoms with Crippen LogP contribution >= 0.6 is 0 Å². The largest absolute Gasteiger partial charge is 0.383 e. The van der Waals surface area contributed by atoms with Gasteiger partial charge in [-0.15, -0.1) is 0 Å². The second-order valence-corrected chi connectivity index (χ2v) is 6.38. The Morgan fingerprint density at radius 2 is 2.25 bits per heavy atom. The second kappa shape index (κ2) is 8.27. The van der Waals surface area contributed by atoms with E-state index in [1.807, 2.05) is 0 Å². The van der Waals surface area contributed by atoms with Gasteiger partial charge >= 0.3 is 0 Å². The van der Waals surface area contributed by atoms with E-state index >= 15 is 0 Å². The molecule has 3 heterocycles. The predicted molar refractivity (Wildman–Crippen MR) is 93.2 cm³/mol. The van der Waals surface area contributed by atoms with E-state index in [0.717, 1.165) is 63.4 Å². The molecule has 2 aliphatic heterocycles. The van der Waals surface area contributed by atoms with Crippen LogP contribution in [-0.2, 0) is 17.6 Å². The zero-order valence-electron chi connectivity index (χ0n) is 14.3. The number of hydrogen-bond donors (Lipinski definition) is 2. The minimum atomic E-state index is 0.0955. The minimum absolute atomic E-state index is 0.0955. The van der Waals surface area contributed by atoms with Crippen molar-refractivity contribution in [2.24, 2.45) is 5.92 Å². The molecule has 2 aliphatic rings. The van der Waals surface area contributed by atoms with Crippen molar-refractivity contribution in [3.8, 4) is 6.07 Å². The zero-order valence-corrected chi connectivity index (χ0v) is 14.3. The fourth-order valence-corrected chi connectivity index (χ4v) is 3.41. The van der Waals surface area contributed by atoms with E-state index in [1.165, 1.54) is 5.56 Å². The average molecular weight is 330 g/mol. The molecule has 0 spiro atoms. The highest BCUT2D eigenvalue weighted by atomic mass is 16.5. The van der Waals surface area contributed by atoms with Crippen LogP contribution in [0.1, 0.15) is 24.1 Å². The van der Waals surface area contributed by atoms with Crippen LogP contribution in [-0.4, -0.2) is 56.4 Å². The number of rotatable bonds is 5. The highest BCUT2D eigenvalue weighted by molar-refractivity contribution is 5.54. The molecule has 0 saturated carbocycles. The Bertz CT molecular complexity index is 599. The molecule has 0 bridgehead atoms. The Kier molecular flexibility index (Phi) is 5.83. The fraction of sp³-hybridized carbons (Fsp3) is 0.706. The first kappa shape index (κ1) is 16.9. The molecule has 7 nitrogen and oxygen atoms in total. The van der Waals surface area contributed by atoms with Crippen LogP contribution in [0, 0.1) is 17.2 Å². The molecule has 3 rings (SSSR count). The van der Waals surface area contributed by atoms with Crippen molar-refractivity contribution in [3.05, 3.63) is 11.3 Å². The Hall–Kier alpha value is -1.91. The summed E-state index contributed by atoms with van der Waals surface area (Å²) >= 11 is 0. The number of hydrogen-bond acceptors (Lipinski definition) is 7. The Morgan fingerprint density at radius 3 is 3.08 bits per heavy atom. The highest BCUT2D eigenvalue weighted by Crippen LogP contribution is 2.28. The van der Waals surface area contributed by atoms with Crippen LogP contribution in [0.4, 0.5) is 11.8 Å². The third kappa shape index (κ3) is 3.94. The van der Waals surface area contributed by atoms with Crippen molar-refractivity contribution in [1.29, 1.82) is 5.26 Å². The third-order valence-electron chi connectivity index (χ3n) is 4.65. The summed E-state index contributed by atoms with van der Waals surface area (Å²) in [5.41, 5.74) is 2.37. The van der Waals surface area contributed by atoms with Gasteiger partial charge in [-0.1, -0.05) is 0 Å². The van der Waals surface area contributed by atoms with Crippen molar-refractivity contribution < 1.29 is 4.74 Å². The molecular formula is C17H26N6O. The second-order valence-electron chi connectivity index (χ2n) is 6.38. The molecule has 1 fully saturated rings. The van der Waals surface area contributed by atoms with Gasteiger partial charge in [-0.2, -0.15) is 10.2 Å². The number of fused-ring (bicyclic) bond motifs is 1. The summed E-state index contributed by atoms with van der Waals surface area (Å²) in [5, 5.41) is 16.0. The van der Waals surface area contributed by atoms with Gasteiger partial charge in [0.05, 0.1) is 24.3 Å². The third-order valence-corrected chi connectivity index (χ3v) is 4.65. The van der Waals surface area contributed by atoms with E-state index in [4.69, 9.17) is 14.7 Å². The highest BCUT2D eigenvalue weighted by Gasteiger charge is 2.25. The van der Waals surface area contributed by atoms with E-state index < -0.39 is 0 Å². The fourth-order valence-electron chi connectivity index (χ4n) is 3.41. The van der Waals surface area contributed by atoms with E-state index in [-0.39, 0.29) is 5.92 Å². The molecule has 1 atom stereocenters. The van der Waals surface area contributed by atoms with Gasteiger partial charge in [0.2, 0.25) is 5.95 Å². The SMILES string of the molecule is COCCNc1nc2c(c(N3CCC[C@@H](C#N)C3)n1)CCNCC2. The number of methoxy groups -OCH3 is 1. The van der Waals surface area contributed by atoms with Crippen molar-refractivity contribution in [1.82, 2.24) is 15.3 Å². The number of piperidine rings is 1. The van der Waals surface area contributed by atoms with Crippen LogP contribution in [0.15, 0.2) is 0 Å². The molecule has 2 N–H and O–H groups in total. The smallest absolute Gasteiger partial charge is 0.224 e. The summed E-state index contributed by atoms with van der Waals surface area (Å²) in [7, 11) is 1.69. The predicted octanol–water partition coefficient (Wildman–Crippen LogP) is 0.963. The lowest BCUT2D eigenvalue weighted by molar-refractivity contribution is 0.210. The topological polar surface area (TPSA) is 86.1 Å². The van der Waals surface area contributed by atoms with Gasteiger partial charge in [-0.3, -0.25) is 0 Å². The van der Waals surface area contributed by atoms with Crippen LogP contribution in [0.25, 0.3) is 0 Å². The standard InChI is InChI=1S/C17H26N6O/c1-24-10-8-20-17-21-15-5-7-19-6-4-14(15)16(22-17)23-9-2-3-13(11-18)12-23/h13,19H,2-10,12H2,1H3,(H,20,21,22)/t13-/m0/s1. The number of nitrogens with zero attached hydrogens (tertiary/aromatic N) is 4. The molecule has 1 saturated heterocycles. The molecule has 0 amide bonds. The number of aromatic nitrogens is 2. The van der Waals surface area contributed by atoms with Gasteiger partial charge in [-0.25, -0.2) is 4.98 Å². The molecule has 130 valence electrons. The molecule has 0 aromatic carbocycles. The Labute approximate surface area is 143 Å². The summed E-state index contributed by atoms with van der Waals surface area (Å²) in [5.74, 6) is 1.78. The minimum Gasteiger partial charge on any atom is -0.383 e. The average Bonchev–Trinajstić information content (AvgIpc) is 2.87. The van der Waals surface area contributed by atoms with Crippen molar-refractivity contribution in [2.75, 3.05) is 56.7 Å². The normalized spacial score (nSPS) is 20.8. The van der Waals surface area contributed by atoms with Crippen LogP contribution in [0.2, 0.25) is 0 Å². The molecule has 7 heteroatoms. The van der Waals surface area contributed by atoms with Crippen molar-refractivity contribution in [2.45, 2.75) is 25.7 Å². The van der Waals surface area contributed by atoms with Crippen molar-refractivity contribution >= 4 is 11.8 Å². The van der Waals surface area contributed by atoms with Gasteiger partial charge in [0.25, 0.3) is 0 Å². The van der Waals surface area contributed by atoms with Gasteiger partial charge in [0.1, 0.15) is 5.82 Å². The van der Waals surface area contributed by atoms with E-state index in [2.05, 4.69) is 21.6 Å². The number of nitrogens with one attached hydrogen (secondary N) is 2. The first-order chi connectivity index (χ1) is 11.8. The van der Waals surface area contributed by atoms with Crippen molar-refractivity contribution in [3.63, 3.8) is 0 Å². The van der Waals surface area contributed by atoms with Gasteiger partial charge < -0.3 is 20.3 Å². The molecule has 24 heavy (non-hydrogen) atoms. The van der Waals surface area contributed by atoms with E-state index in [0.29, 0.717) is 19.1 Å². The van der Waals surface area contributed by atoms with Gasteiger partial charge in [0.15, 0.2) is 0 Å². The summed E-state index contributed by atoms with van der Waals surface area (Å²) in [6, 6.07) is 2.42. The Morgan fingerprint density at radius 1 is 1.38 bits per heavy atom. The molecule has 0 radical (unpaired) electrons. The summed E-state index contributed by atoms with van der Waals surface area (Å²) in [6.07, 6.45) is 3.89. The van der Waals surface area contributed by atoms with E-state index in [9.17, 15) is 5.26 Å². The van der Waals surface area contributed by atoms with E-state index in [1.54, 1.807) is 7.11 Å². The number of nitriles is 1.